The highest BCUT2D eigenvalue weighted by Crippen LogP contribution is 2.32. The second-order valence-electron chi connectivity index (χ2n) is 9.08. The predicted molar refractivity (Wildman–Crippen MR) is 138 cm³/mol. The Morgan fingerprint density at radius 2 is 1.89 bits per heavy atom. The predicted octanol–water partition coefficient (Wildman–Crippen LogP) is 2.46. The van der Waals surface area contributed by atoms with Crippen molar-refractivity contribution in [2.75, 3.05) is 33.9 Å². The second kappa shape index (κ2) is 10.5. The van der Waals surface area contributed by atoms with Gasteiger partial charge < -0.3 is 24.3 Å². The first-order chi connectivity index (χ1) is 18.4. The molecule has 0 aliphatic carbocycles. The number of ketones is 1. The summed E-state index contributed by atoms with van der Waals surface area (Å²) in [4.78, 5) is 50.5. The van der Waals surface area contributed by atoms with Gasteiger partial charge in [-0.15, -0.1) is 0 Å². The lowest BCUT2D eigenvalue weighted by molar-refractivity contribution is -0.128. The summed E-state index contributed by atoms with van der Waals surface area (Å²) < 4.78 is 12.2. The van der Waals surface area contributed by atoms with Crippen LogP contribution in [0.25, 0.3) is 16.7 Å². The molecule has 196 valence electrons. The number of nitrogens with one attached hydrogen (secondary N) is 1. The normalized spacial score (nSPS) is 15.6. The second-order valence-corrected chi connectivity index (χ2v) is 9.08. The van der Waals surface area contributed by atoms with Gasteiger partial charge >= 0.3 is 0 Å². The van der Waals surface area contributed by atoms with Crippen LogP contribution in [0.15, 0.2) is 55.0 Å². The van der Waals surface area contributed by atoms with Crippen molar-refractivity contribution in [3.63, 3.8) is 0 Å². The number of methoxy groups -OCH3 is 2. The van der Waals surface area contributed by atoms with Gasteiger partial charge in [-0.3, -0.25) is 14.4 Å². The molecule has 0 bridgehead atoms. The van der Waals surface area contributed by atoms with Crippen molar-refractivity contribution in [2.45, 2.75) is 19.6 Å². The van der Waals surface area contributed by atoms with Crippen LogP contribution >= 0.6 is 0 Å². The molecule has 1 saturated heterocycles. The lowest BCUT2D eigenvalue weighted by Crippen LogP contribution is -2.56. The number of piperazine rings is 1. The topological polar surface area (TPSA) is 123 Å². The number of Topliss-reactive ketones (excluding diaryl/α,β-unsaturated/α-hetero) is 1. The molecule has 5 rings (SSSR count). The third-order valence-corrected chi connectivity index (χ3v) is 6.66. The van der Waals surface area contributed by atoms with Crippen molar-refractivity contribution < 1.29 is 23.9 Å². The average Bonchev–Trinajstić information content (AvgIpc) is 3.60. The van der Waals surface area contributed by atoms with Gasteiger partial charge in [-0.25, -0.2) is 9.67 Å². The van der Waals surface area contributed by atoms with E-state index in [-0.39, 0.29) is 30.6 Å². The summed E-state index contributed by atoms with van der Waals surface area (Å²) in [5, 5.41) is 4.92. The van der Waals surface area contributed by atoms with Crippen LogP contribution in [0.4, 0.5) is 0 Å². The number of ether oxygens (including phenoxy) is 2. The molecule has 11 heteroatoms. The number of hydrogen-bond donors (Lipinski definition) is 1. The van der Waals surface area contributed by atoms with Gasteiger partial charge in [-0.1, -0.05) is 18.2 Å². The van der Waals surface area contributed by atoms with Gasteiger partial charge in [0.25, 0.3) is 17.6 Å². The number of aromatic nitrogens is 4. The quantitative estimate of drug-likeness (QED) is 0.296. The zero-order chi connectivity index (χ0) is 26.8. The number of carbonyl (C=O) groups excluding carboxylic acids is 3. The van der Waals surface area contributed by atoms with E-state index in [9.17, 15) is 14.4 Å². The first-order valence-electron chi connectivity index (χ1n) is 12.2. The van der Waals surface area contributed by atoms with Crippen LogP contribution < -0.4 is 4.74 Å². The maximum absolute atomic E-state index is 13.5. The number of fused-ring (bicyclic) bond motifs is 1. The first-order valence-corrected chi connectivity index (χ1v) is 12.2. The van der Waals surface area contributed by atoms with E-state index in [1.165, 1.54) is 24.4 Å². The minimum Gasteiger partial charge on any atom is -0.494 e. The number of amides is 2. The Bertz CT molecular complexity index is 1490. The maximum Gasteiger partial charge on any atom is 0.295 e. The molecule has 4 aromatic rings. The van der Waals surface area contributed by atoms with Gasteiger partial charge in [0.2, 0.25) is 0 Å². The van der Waals surface area contributed by atoms with Crippen LogP contribution in [-0.2, 0) is 16.1 Å². The van der Waals surface area contributed by atoms with Crippen molar-refractivity contribution >= 4 is 28.5 Å². The summed E-state index contributed by atoms with van der Waals surface area (Å²) in [7, 11) is 3.07. The Labute approximate surface area is 219 Å². The highest BCUT2D eigenvalue weighted by Gasteiger charge is 2.34. The van der Waals surface area contributed by atoms with E-state index in [1.54, 1.807) is 35.0 Å². The average molecular weight is 517 g/mol. The summed E-state index contributed by atoms with van der Waals surface area (Å²) in [6.45, 7) is 3.07. The van der Waals surface area contributed by atoms with Gasteiger partial charge in [0, 0.05) is 50.7 Å². The molecule has 0 unspecified atom stereocenters. The molecule has 38 heavy (non-hydrogen) atoms. The van der Waals surface area contributed by atoms with Crippen LogP contribution in [0.1, 0.15) is 33.3 Å². The SMILES string of the molecule is COCc1ccn(-c2ncc(OC)c3c(C(=O)C(=O)N4CCN(C(=O)c5ccccc5)[C@H](C)C4)c[nH]c23)n1. The zero-order valence-electron chi connectivity index (χ0n) is 21.4. The summed E-state index contributed by atoms with van der Waals surface area (Å²) in [6.07, 6.45) is 4.74. The number of pyridine rings is 1. The Morgan fingerprint density at radius 3 is 2.61 bits per heavy atom. The number of rotatable bonds is 7. The van der Waals surface area contributed by atoms with E-state index < -0.39 is 11.7 Å². The van der Waals surface area contributed by atoms with Crippen LogP contribution in [0.3, 0.4) is 0 Å². The van der Waals surface area contributed by atoms with Crippen molar-refractivity contribution in [2.24, 2.45) is 0 Å². The molecule has 0 saturated carbocycles. The smallest absolute Gasteiger partial charge is 0.295 e. The monoisotopic (exact) mass is 516 g/mol. The molecule has 11 nitrogen and oxygen atoms in total. The van der Waals surface area contributed by atoms with Crippen molar-refractivity contribution in [1.82, 2.24) is 29.5 Å². The molecule has 1 aliphatic rings. The van der Waals surface area contributed by atoms with Crippen LogP contribution in [-0.4, -0.2) is 87.0 Å². The summed E-state index contributed by atoms with van der Waals surface area (Å²) in [5.41, 5.74) is 2.01. The van der Waals surface area contributed by atoms with Gasteiger partial charge in [0.05, 0.1) is 42.1 Å². The number of hydrogen-bond acceptors (Lipinski definition) is 7. The van der Waals surface area contributed by atoms with E-state index in [1.807, 2.05) is 31.2 Å². The van der Waals surface area contributed by atoms with Crippen LogP contribution in [0, 0.1) is 0 Å². The molecule has 3 aromatic heterocycles. The third-order valence-electron chi connectivity index (χ3n) is 6.66. The van der Waals surface area contributed by atoms with Crippen LogP contribution in [0.5, 0.6) is 5.75 Å². The lowest BCUT2D eigenvalue weighted by Gasteiger charge is -2.39. The number of benzene rings is 1. The van der Waals surface area contributed by atoms with E-state index in [4.69, 9.17) is 9.47 Å². The van der Waals surface area contributed by atoms with E-state index in [0.29, 0.717) is 41.2 Å². The number of aromatic amines is 1. The third kappa shape index (κ3) is 4.52. The largest absolute Gasteiger partial charge is 0.494 e. The molecule has 1 aliphatic heterocycles. The first kappa shape index (κ1) is 25.2. The summed E-state index contributed by atoms with van der Waals surface area (Å²) >= 11 is 0. The van der Waals surface area contributed by atoms with E-state index in [0.717, 1.165) is 5.69 Å². The van der Waals surface area contributed by atoms with Gasteiger partial charge in [0.1, 0.15) is 5.75 Å². The summed E-state index contributed by atoms with van der Waals surface area (Å²) in [6, 6.07) is 10.6. The van der Waals surface area contributed by atoms with Crippen LogP contribution in [0.2, 0.25) is 0 Å². The lowest BCUT2D eigenvalue weighted by atomic mass is 10.1. The van der Waals surface area contributed by atoms with Crippen molar-refractivity contribution in [3.8, 4) is 11.6 Å². The molecular formula is C27H28N6O5. The molecule has 2 amide bonds. The molecule has 1 aromatic carbocycles. The van der Waals surface area contributed by atoms with Gasteiger partial charge in [0.15, 0.2) is 5.82 Å². The number of carbonyl (C=O) groups is 3. The van der Waals surface area contributed by atoms with E-state index in [2.05, 4.69) is 15.1 Å². The fourth-order valence-electron chi connectivity index (χ4n) is 4.77. The molecule has 0 spiro atoms. The molecule has 4 heterocycles. The van der Waals surface area contributed by atoms with Crippen molar-refractivity contribution in [1.29, 1.82) is 0 Å². The fraction of sp³-hybridized carbons (Fsp3) is 0.296. The molecule has 1 fully saturated rings. The Balaban J connectivity index is 1.39. The van der Waals surface area contributed by atoms with E-state index >= 15 is 0 Å². The minimum atomic E-state index is -0.665. The Kier molecular flexibility index (Phi) is 6.93. The maximum atomic E-state index is 13.5. The highest BCUT2D eigenvalue weighted by molar-refractivity contribution is 6.45. The van der Waals surface area contributed by atoms with Gasteiger partial charge in [-0.2, -0.15) is 5.10 Å². The molecular weight excluding hydrogens is 488 g/mol. The minimum absolute atomic E-state index is 0.0924. The standard InChI is InChI=1S/C27H28N6O5/c1-17-15-31(11-12-32(17)26(35)18-7-5-4-6-8-18)27(36)24(34)20-13-28-23-22(20)21(38-3)14-29-25(23)33-10-9-19(30-33)16-37-2/h4-10,13-14,17,28H,11-12,15-16H2,1-3H3/t17-/m1/s1. The fourth-order valence-corrected chi connectivity index (χ4v) is 4.77. The molecule has 1 N–H and O–H groups in total. The number of nitrogens with zero attached hydrogens (tertiary/aromatic N) is 5. The molecule has 1 atom stereocenters. The Morgan fingerprint density at radius 1 is 1.11 bits per heavy atom. The number of H-pyrrole nitrogens is 1. The summed E-state index contributed by atoms with van der Waals surface area (Å²) in [5.74, 6) is -0.577. The Hall–Kier alpha value is -4.51. The van der Waals surface area contributed by atoms with Gasteiger partial charge in [-0.05, 0) is 25.1 Å². The van der Waals surface area contributed by atoms with Crippen molar-refractivity contribution in [3.05, 3.63) is 71.8 Å². The molecule has 0 radical (unpaired) electrons. The highest BCUT2D eigenvalue weighted by atomic mass is 16.5. The zero-order valence-corrected chi connectivity index (χ0v) is 21.4.